The van der Waals surface area contributed by atoms with Crippen molar-refractivity contribution < 1.29 is 4.79 Å². The molecule has 3 aromatic heterocycles. The number of benzene rings is 1. The molecule has 30 heavy (non-hydrogen) atoms. The van der Waals surface area contributed by atoms with Gasteiger partial charge in [-0.15, -0.1) is 11.3 Å². The number of hydrogen-bond donors (Lipinski definition) is 1. The van der Waals surface area contributed by atoms with E-state index in [4.69, 9.17) is 0 Å². The average molecular weight is 420 g/mol. The third-order valence-corrected chi connectivity index (χ3v) is 5.57. The van der Waals surface area contributed by atoms with Crippen LogP contribution in [0, 0.1) is 13.8 Å². The first kappa shape index (κ1) is 19.8. The Bertz CT molecular complexity index is 1250. The van der Waals surface area contributed by atoms with Crippen molar-refractivity contribution >= 4 is 23.1 Å². The van der Waals surface area contributed by atoms with E-state index in [0.29, 0.717) is 18.1 Å². The van der Waals surface area contributed by atoms with Crippen molar-refractivity contribution in [1.82, 2.24) is 19.6 Å². The molecule has 0 saturated heterocycles. The van der Waals surface area contributed by atoms with Crippen LogP contribution in [0.1, 0.15) is 16.0 Å². The number of amides is 1. The van der Waals surface area contributed by atoms with Gasteiger partial charge in [0.2, 0.25) is 5.91 Å². The van der Waals surface area contributed by atoms with Crippen LogP contribution in [-0.2, 0) is 17.9 Å². The lowest BCUT2D eigenvalue weighted by molar-refractivity contribution is -0.117. The van der Waals surface area contributed by atoms with Gasteiger partial charge in [0.1, 0.15) is 18.1 Å². The van der Waals surface area contributed by atoms with Crippen molar-refractivity contribution in [2.24, 2.45) is 0 Å². The third kappa shape index (κ3) is 4.55. The molecule has 4 aromatic rings. The summed E-state index contributed by atoms with van der Waals surface area (Å²) in [4.78, 5) is 26.9. The lowest BCUT2D eigenvalue weighted by Gasteiger charge is -2.10. The van der Waals surface area contributed by atoms with Crippen LogP contribution in [0.3, 0.4) is 0 Å². The van der Waals surface area contributed by atoms with E-state index in [-0.39, 0.29) is 18.0 Å². The summed E-state index contributed by atoms with van der Waals surface area (Å²) in [6.07, 6.45) is 1.63. The van der Waals surface area contributed by atoms with Crippen LogP contribution in [0.25, 0.3) is 10.6 Å². The number of aryl methyl sites for hydroxylation is 2. The van der Waals surface area contributed by atoms with Crippen molar-refractivity contribution in [3.63, 3.8) is 0 Å². The number of carbonyl (C=O) groups excluding carboxylic acids is 1. The van der Waals surface area contributed by atoms with E-state index in [9.17, 15) is 9.59 Å². The van der Waals surface area contributed by atoms with Gasteiger partial charge >= 0.3 is 0 Å². The molecule has 7 nitrogen and oxygen atoms in total. The molecule has 8 heteroatoms. The molecule has 0 aliphatic heterocycles. The van der Waals surface area contributed by atoms with Crippen LogP contribution in [0.2, 0.25) is 0 Å². The Kier molecular flexibility index (Phi) is 5.58. The first-order chi connectivity index (χ1) is 14.5. The summed E-state index contributed by atoms with van der Waals surface area (Å²) in [5.74, 6) is 0.231. The van der Waals surface area contributed by atoms with Gasteiger partial charge in [-0.05, 0) is 37.6 Å². The molecule has 0 unspecified atom stereocenters. The molecule has 152 valence electrons. The fourth-order valence-corrected chi connectivity index (χ4v) is 3.96. The summed E-state index contributed by atoms with van der Waals surface area (Å²) < 4.78 is 2.90. The predicted octanol–water partition coefficient (Wildman–Crippen LogP) is 3.47. The summed E-state index contributed by atoms with van der Waals surface area (Å²) in [5, 5.41) is 11.5. The topological polar surface area (TPSA) is 81.8 Å². The lowest BCUT2D eigenvalue weighted by Crippen LogP contribution is -2.29. The minimum atomic E-state index is -0.338. The number of nitrogens with one attached hydrogen (secondary N) is 1. The fourth-order valence-electron chi connectivity index (χ4n) is 3.13. The van der Waals surface area contributed by atoms with Crippen LogP contribution in [0.5, 0.6) is 0 Å². The van der Waals surface area contributed by atoms with E-state index in [2.05, 4.69) is 21.6 Å². The van der Waals surface area contributed by atoms with Gasteiger partial charge in [0.05, 0.1) is 17.6 Å². The van der Waals surface area contributed by atoms with Crippen molar-refractivity contribution in [2.75, 3.05) is 5.32 Å². The van der Waals surface area contributed by atoms with E-state index in [1.165, 1.54) is 10.7 Å². The standard InChI is InChI=1S/C22H21N5O2S/c1-15-4-3-5-17(12-15)13-26-20(10-11-23-26)24-21(28)14-27-22(29)9-7-18(25-27)19-8-6-16(2)30-19/h3-12H,13-14H2,1-2H3,(H,24,28). The Balaban J connectivity index is 1.48. The molecule has 0 aliphatic carbocycles. The number of nitrogens with zero attached hydrogens (tertiary/aromatic N) is 4. The lowest BCUT2D eigenvalue weighted by atomic mass is 10.1. The van der Waals surface area contributed by atoms with E-state index in [1.54, 1.807) is 34.3 Å². The Morgan fingerprint density at radius 3 is 2.70 bits per heavy atom. The summed E-state index contributed by atoms with van der Waals surface area (Å²) >= 11 is 1.59. The number of thiophene rings is 1. The van der Waals surface area contributed by atoms with Crippen LogP contribution in [0.4, 0.5) is 5.82 Å². The van der Waals surface area contributed by atoms with Gasteiger partial charge in [0.25, 0.3) is 5.56 Å². The molecule has 1 amide bonds. The largest absolute Gasteiger partial charge is 0.309 e. The molecular weight excluding hydrogens is 398 g/mol. The number of hydrogen-bond acceptors (Lipinski definition) is 5. The smallest absolute Gasteiger partial charge is 0.267 e. The van der Waals surface area contributed by atoms with Crippen molar-refractivity contribution in [1.29, 1.82) is 0 Å². The highest BCUT2D eigenvalue weighted by molar-refractivity contribution is 7.15. The van der Waals surface area contributed by atoms with Crippen LogP contribution < -0.4 is 10.9 Å². The second-order valence-corrected chi connectivity index (χ2v) is 8.32. The SMILES string of the molecule is Cc1cccc(Cn2nccc2NC(=O)Cn2nc(-c3ccc(C)s3)ccc2=O)c1. The molecule has 3 heterocycles. The zero-order valence-corrected chi connectivity index (χ0v) is 17.5. The van der Waals surface area contributed by atoms with Gasteiger partial charge in [-0.1, -0.05) is 29.8 Å². The maximum atomic E-state index is 12.6. The minimum absolute atomic E-state index is 0.174. The molecule has 0 bridgehead atoms. The van der Waals surface area contributed by atoms with Crippen LogP contribution in [0.15, 0.2) is 65.6 Å². The number of carbonyl (C=O) groups is 1. The van der Waals surface area contributed by atoms with Crippen LogP contribution in [-0.4, -0.2) is 25.5 Å². The quantitative estimate of drug-likeness (QED) is 0.519. The number of aromatic nitrogens is 4. The van der Waals surface area contributed by atoms with Gasteiger partial charge in [0.15, 0.2) is 0 Å². The van der Waals surface area contributed by atoms with Gasteiger partial charge in [-0.25, -0.2) is 9.36 Å². The van der Waals surface area contributed by atoms with E-state index in [1.807, 2.05) is 44.2 Å². The Labute approximate surface area is 177 Å². The maximum absolute atomic E-state index is 12.6. The molecular formula is C22H21N5O2S. The highest BCUT2D eigenvalue weighted by Crippen LogP contribution is 2.25. The van der Waals surface area contributed by atoms with E-state index >= 15 is 0 Å². The Morgan fingerprint density at radius 1 is 1.07 bits per heavy atom. The van der Waals surface area contributed by atoms with Crippen molar-refractivity contribution in [3.8, 4) is 10.6 Å². The minimum Gasteiger partial charge on any atom is -0.309 e. The molecule has 0 fully saturated rings. The first-order valence-corrected chi connectivity index (χ1v) is 10.3. The Morgan fingerprint density at radius 2 is 1.93 bits per heavy atom. The number of rotatable bonds is 6. The summed E-state index contributed by atoms with van der Waals surface area (Å²) in [6, 6.07) is 16.9. The summed E-state index contributed by atoms with van der Waals surface area (Å²) in [6.45, 7) is 4.41. The normalized spacial score (nSPS) is 10.9. The third-order valence-electron chi connectivity index (χ3n) is 4.55. The summed E-state index contributed by atoms with van der Waals surface area (Å²) in [5.41, 5.74) is 2.60. The van der Waals surface area contributed by atoms with E-state index < -0.39 is 0 Å². The second kappa shape index (κ2) is 8.46. The molecule has 0 aliphatic rings. The average Bonchev–Trinajstić information content (AvgIpc) is 3.33. The fraction of sp³-hybridized carbons (Fsp3) is 0.182. The van der Waals surface area contributed by atoms with Gasteiger partial charge in [-0.3, -0.25) is 9.59 Å². The molecule has 4 rings (SSSR count). The van der Waals surface area contributed by atoms with Crippen molar-refractivity contribution in [3.05, 3.63) is 87.2 Å². The zero-order chi connectivity index (χ0) is 21.1. The van der Waals surface area contributed by atoms with Crippen molar-refractivity contribution in [2.45, 2.75) is 26.9 Å². The monoisotopic (exact) mass is 419 g/mol. The molecule has 0 radical (unpaired) electrons. The Hall–Kier alpha value is -3.52. The van der Waals surface area contributed by atoms with Gasteiger partial charge in [-0.2, -0.15) is 10.2 Å². The van der Waals surface area contributed by atoms with E-state index in [0.717, 1.165) is 20.9 Å². The molecule has 0 atom stereocenters. The van der Waals surface area contributed by atoms with Gasteiger partial charge < -0.3 is 5.32 Å². The highest BCUT2D eigenvalue weighted by atomic mass is 32.1. The first-order valence-electron chi connectivity index (χ1n) is 9.50. The summed E-state index contributed by atoms with van der Waals surface area (Å²) in [7, 11) is 0. The maximum Gasteiger partial charge on any atom is 0.267 e. The molecule has 1 N–H and O–H groups in total. The molecule has 0 saturated carbocycles. The predicted molar refractivity (Wildman–Crippen MR) is 118 cm³/mol. The van der Waals surface area contributed by atoms with Gasteiger partial charge in [0, 0.05) is 17.0 Å². The number of anilines is 1. The highest BCUT2D eigenvalue weighted by Gasteiger charge is 2.12. The second-order valence-electron chi connectivity index (χ2n) is 7.04. The zero-order valence-electron chi connectivity index (χ0n) is 16.7. The molecule has 1 aromatic carbocycles. The molecule has 0 spiro atoms. The van der Waals surface area contributed by atoms with Crippen LogP contribution >= 0.6 is 11.3 Å².